The van der Waals surface area contributed by atoms with Crippen molar-refractivity contribution in [2.75, 3.05) is 24.5 Å². The molecule has 1 fully saturated rings. The van der Waals surface area contributed by atoms with Gasteiger partial charge in [0.2, 0.25) is 0 Å². The summed E-state index contributed by atoms with van der Waals surface area (Å²) in [6.07, 6.45) is 3.36. The van der Waals surface area contributed by atoms with E-state index >= 15 is 0 Å². The lowest BCUT2D eigenvalue weighted by atomic mass is 9.91. The van der Waals surface area contributed by atoms with Gasteiger partial charge < -0.3 is 10.2 Å². The minimum Gasteiger partial charge on any atom is -0.368 e. The summed E-state index contributed by atoms with van der Waals surface area (Å²) in [5.74, 6) is 2.81. The smallest absolute Gasteiger partial charge is 0.131 e. The van der Waals surface area contributed by atoms with Crippen LogP contribution in [0.2, 0.25) is 0 Å². The van der Waals surface area contributed by atoms with Gasteiger partial charge in [0.1, 0.15) is 5.82 Å². The van der Waals surface area contributed by atoms with Gasteiger partial charge in [-0.1, -0.05) is 34.6 Å². The Balaban J connectivity index is 2.27. The van der Waals surface area contributed by atoms with Crippen LogP contribution in [0, 0.1) is 11.8 Å². The number of hydrogen-bond donors (Lipinski definition) is 1. The third-order valence-electron chi connectivity index (χ3n) is 4.13. The molecule has 0 aromatic carbocycles. The monoisotopic (exact) mass is 290 g/mol. The molecule has 2 rings (SSSR count). The molecule has 4 heteroatoms. The molecule has 1 aromatic heterocycles. The molecule has 2 heterocycles. The van der Waals surface area contributed by atoms with E-state index in [1.165, 1.54) is 12.1 Å². The molecule has 21 heavy (non-hydrogen) atoms. The molecule has 0 spiro atoms. The molecular weight excluding hydrogens is 260 g/mol. The van der Waals surface area contributed by atoms with E-state index in [4.69, 9.17) is 4.98 Å². The lowest BCUT2D eigenvalue weighted by molar-refractivity contribution is 0.356. The fourth-order valence-electron chi connectivity index (χ4n) is 3.20. The summed E-state index contributed by atoms with van der Waals surface area (Å²) < 4.78 is 0. The fourth-order valence-corrected chi connectivity index (χ4v) is 3.20. The molecule has 1 aliphatic rings. The minimum atomic E-state index is 0.374. The first-order chi connectivity index (χ1) is 10.0. The molecule has 0 saturated carbocycles. The highest BCUT2D eigenvalue weighted by Crippen LogP contribution is 2.28. The second-order valence-electron chi connectivity index (χ2n) is 6.85. The van der Waals surface area contributed by atoms with Crippen LogP contribution in [0.1, 0.15) is 58.5 Å². The van der Waals surface area contributed by atoms with Crippen LogP contribution in [0.5, 0.6) is 0 Å². The van der Waals surface area contributed by atoms with E-state index in [1.54, 1.807) is 0 Å². The van der Waals surface area contributed by atoms with E-state index in [9.17, 15) is 0 Å². The summed E-state index contributed by atoms with van der Waals surface area (Å²) >= 11 is 0. The third kappa shape index (κ3) is 4.16. The van der Waals surface area contributed by atoms with Crippen molar-refractivity contribution in [1.82, 2.24) is 15.3 Å². The second-order valence-corrected chi connectivity index (χ2v) is 6.85. The van der Waals surface area contributed by atoms with Gasteiger partial charge in [0.05, 0.1) is 17.6 Å². The van der Waals surface area contributed by atoms with Gasteiger partial charge in [-0.15, -0.1) is 0 Å². The number of piperidine rings is 1. The molecular formula is C17H30N4. The summed E-state index contributed by atoms with van der Waals surface area (Å²) in [6.45, 7) is 15.2. The number of hydrogen-bond acceptors (Lipinski definition) is 4. The van der Waals surface area contributed by atoms with Crippen LogP contribution < -0.4 is 10.2 Å². The largest absolute Gasteiger partial charge is 0.368 e. The predicted octanol–water partition coefficient (Wildman–Crippen LogP) is 3.19. The SMILES string of the molecule is CCNCc1nc(C(C)C)ncc1N1CC(C)CC(C)C1. The number of aromatic nitrogens is 2. The van der Waals surface area contributed by atoms with Gasteiger partial charge in [0.15, 0.2) is 0 Å². The van der Waals surface area contributed by atoms with Gasteiger partial charge in [-0.05, 0) is 24.8 Å². The first-order valence-corrected chi connectivity index (χ1v) is 8.32. The molecule has 0 amide bonds. The maximum absolute atomic E-state index is 4.82. The van der Waals surface area contributed by atoms with E-state index in [2.05, 4.69) is 49.8 Å². The van der Waals surface area contributed by atoms with Crippen molar-refractivity contribution in [3.8, 4) is 0 Å². The topological polar surface area (TPSA) is 41.1 Å². The molecule has 0 radical (unpaired) electrons. The van der Waals surface area contributed by atoms with Crippen LogP contribution >= 0.6 is 0 Å². The normalized spacial score (nSPS) is 22.9. The van der Waals surface area contributed by atoms with Crippen LogP contribution in [0.4, 0.5) is 5.69 Å². The van der Waals surface area contributed by atoms with Crippen LogP contribution in [0.3, 0.4) is 0 Å². The molecule has 1 saturated heterocycles. The molecule has 2 atom stereocenters. The highest BCUT2D eigenvalue weighted by atomic mass is 15.2. The molecule has 1 N–H and O–H groups in total. The van der Waals surface area contributed by atoms with Gasteiger partial charge in [0, 0.05) is 25.6 Å². The van der Waals surface area contributed by atoms with E-state index in [1.807, 2.05) is 6.20 Å². The Morgan fingerprint density at radius 3 is 2.52 bits per heavy atom. The summed E-state index contributed by atoms with van der Waals surface area (Å²) in [5.41, 5.74) is 2.37. The van der Waals surface area contributed by atoms with Gasteiger partial charge in [0.25, 0.3) is 0 Å². The van der Waals surface area contributed by atoms with E-state index in [0.29, 0.717) is 5.92 Å². The van der Waals surface area contributed by atoms with Crippen molar-refractivity contribution >= 4 is 5.69 Å². The zero-order chi connectivity index (χ0) is 15.4. The van der Waals surface area contributed by atoms with Gasteiger partial charge in [-0.3, -0.25) is 0 Å². The number of nitrogens with zero attached hydrogens (tertiary/aromatic N) is 3. The van der Waals surface area contributed by atoms with E-state index in [-0.39, 0.29) is 0 Å². The molecule has 1 aliphatic heterocycles. The summed E-state index contributed by atoms with van der Waals surface area (Å²) in [6, 6.07) is 0. The van der Waals surface area contributed by atoms with E-state index in [0.717, 1.165) is 49.5 Å². The third-order valence-corrected chi connectivity index (χ3v) is 4.13. The molecule has 1 aromatic rings. The van der Waals surface area contributed by atoms with Crippen LogP contribution in [-0.2, 0) is 6.54 Å². The number of nitrogens with one attached hydrogen (secondary N) is 1. The first kappa shape index (κ1) is 16.2. The van der Waals surface area contributed by atoms with Gasteiger partial charge >= 0.3 is 0 Å². The predicted molar refractivity (Wildman–Crippen MR) is 88.7 cm³/mol. The Morgan fingerprint density at radius 2 is 1.95 bits per heavy atom. The average Bonchev–Trinajstić information content (AvgIpc) is 2.43. The standard InChI is InChI=1S/C17H30N4/c1-6-18-8-15-16(9-19-17(20-15)12(2)3)21-10-13(4)7-14(5)11-21/h9,12-14,18H,6-8,10-11H2,1-5H3. The minimum absolute atomic E-state index is 0.374. The van der Waals surface area contributed by atoms with Crippen LogP contribution in [0.25, 0.3) is 0 Å². The zero-order valence-corrected chi connectivity index (χ0v) is 14.2. The Hall–Kier alpha value is -1.16. The highest BCUT2D eigenvalue weighted by Gasteiger charge is 2.24. The van der Waals surface area contributed by atoms with Crippen molar-refractivity contribution in [3.05, 3.63) is 17.7 Å². The lowest BCUT2D eigenvalue weighted by Gasteiger charge is -2.37. The van der Waals surface area contributed by atoms with Crippen LogP contribution in [-0.4, -0.2) is 29.6 Å². The zero-order valence-electron chi connectivity index (χ0n) is 14.2. The van der Waals surface area contributed by atoms with Crippen molar-refractivity contribution in [3.63, 3.8) is 0 Å². The first-order valence-electron chi connectivity index (χ1n) is 8.32. The Bertz CT molecular complexity index is 448. The quantitative estimate of drug-likeness (QED) is 0.904. The van der Waals surface area contributed by atoms with Gasteiger partial charge in [-0.2, -0.15) is 0 Å². The molecule has 0 aliphatic carbocycles. The number of rotatable bonds is 5. The fraction of sp³-hybridized carbons (Fsp3) is 0.765. The average molecular weight is 290 g/mol. The maximum Gasteiger partial charge on any atom is 0.131 e. The summed E-state index contributed by atoms with van der Waals surface area (Å²) in [5, 5.41) is 3.42. The van der Waals surface area contributed by atoms with Crippen molar-refractivity contribution in [2.24, 2.45) is 11.8 Å². The van der Waals surface area contributed by atoms with Crippen molar-refractivity contribution in [1.29, 1.82) is 0 Å². The van der Waals surface area contributed by atoms with E-state index < -0.39 is 0 Å². The van der Waals surface area contributed by atoms with Crippen LogP contribution in [0.15, 0.2) is 6.20 Å². The van der Waals surface area contributed by atoms with Crippen molar-refractivity contribution < 1.29 is 0 Å². The second kappa shape index (κ2) is 7.21. The summed E-state index contributed by atoms with van der Waals surface area (Å²) in [7, 11) is 0. The Kier molecular flexibility index (Phi) is 5.57. The molecule has 2 unspecified atom stereocenters. The summed E-state index contributed by atoms with van der Waals surface area (Å²) in [4.78, 5) is 11.9. The molecule has 4 nitrogen and oxygen atoms in total. The Morgan fingerprint density at radius 1 is 1.29 bits per heavy atom. The maximum atomic E-state index is 4.82. The van der Waals surface area contributed by atoms with Crippen molar-refractivity contribution in [2.45, 2.75) is 53.5 Å². The number of anilines is 1. The molecule has 118 valence electrons. The molecule has 0 bridgehead atoms. The van der Waals surface area contributed by atoms with Gasteiger partial charge in [-0.25, -0.2) is 9.97 Å². The lowest BCUT2D eigenvalue weighted by Crippen LogP contribution is -2.39. The Labute approximate surface area is 129 Å². The highest BCUT2D eigenvalue weighted by molar-refractivity contribution is 5.49.